The molecular weight excluding hydrogens is 356 g/mol. The van der Waals surface area contributed by atoms with E-state index in [1.165, 1.54) is 0 Å². The summed E-state index contributed by atoms with van der Waals surface area (Å²) in [6, 6.07) is 4.19. The molecular formula is C21H38N4O3. The summed E-state index contributed by atoms with van der Waals surface area (Å²) in [6.45, 7) is 10.5. The molecule has 2 N–H and O–H groups in total. The number of methoxy groups -OCH3 is 3. The molecule has 0 saturated carbocycles. The molecule has 7 nitrogen and oxygen atoms in total. The number of guanidine groups is 1. The fourth-order valence-electron chi connectivity index (χ4n) is 3.14. The van der Waals surface area contributed by atoms with Gasteiger partial charge in [-0.3, -0.25) is 4.99 Å². The van der Waals surface area contributed by atoms with Gasteiger partial charge in [-0.05, 0) is 51.5 Å². The molecule has 0 fully saturated rings. The highest BCUT2D eigenvalue weighted by Crippen LogP contribution is 2.39. The Kier molecular flexibility index (Phi) is 11.2. The summed E-state index contributed by atoms with van der Waals surface area (Å²) in [4.78, 5) is 6.79. The molecule has 0 aliphatic rings. The third-order valence-corrected chi connectivity index (χ3v) is 4.84. The predicted molar refractivity (Wildman–Crippen MR) is 116 cm³/mol. The number of nitrogens with one attached hydrogen (secondary N) is 2. The lowest BCUT2D eigenvalue weighted by Gasteiger charge is -2.21. The van der Waals surface area contributed by atoms with Crippen LogP contribution in [0.2, 0.25) is 0 Å². The van der Waals surface area contributed by atoms with Crippen LogP contribution >= 0.6 is 0 Å². The number of ether oxygens (including phenoxy) is 3. The third-order valence-electron chi connectivity index (χ3n) is 4.84. The first-order valence-electron chi connectivity index (χ1n) is 10.0. The van der Waals surface area contributed by atoms with E-state index in [9.17, 15) is 0 Å². The minimum absolute atomic E-state index is 0.342. The zero-order valence-electron chi connectivity index (χ0n) is 18.6. The van der Waals surface area contributed by atoms with E-state index in [1.807, 2.05) is 12.1 Å². The van der Waals surface area contributed by atoms with Gasteiger partial charge in [-0.25, -0.2) is 0 Å². The van der Waals surface area contributed by atoms with Gasteiger partial charge in [-0.1, -0.05) is 13.8 Å². The van der Waals surface area contributed by atoms with Gasteiger partial charge in [0.25, 0.3) is 0 Å². The molecule has 0 aliphatic heterocycles. The van der Waals surface area contributed by atoms with Gasteiger partial charge in [0.05, 0.1) is 21.3 Å². The zero-order chi connectivity index (χ0) is 20.9. The molecule has 0 spiro atoms. The highest BCUT2D eigenvalue weighted by atomic mass is 16.5. The van der Waals surface area contributed by atoms with Crippen molar-refractivity contribution >= 4 is 5.96 Å². The summed E-state index contributed by atoms with van der Waals surface area (Å²) in [6.07, 6.45) is 2.26. The van der Waals surface area contributed by atoms with Crippen molar-refractivity contribution < 1.29 is 14.2 Å². The Labute approximate surface area is 170 Å². The molecule has 0 amide bonds. The Morgan fingerprint density at radius 1 is 1.07 bits per heavy atom. The molecule has 1 aromatic rings. The van der Waals surface area contributed by atoms with Gasteiger partial charge in [0.15, 0.2) is 17.5 Å². The predicted octanol–water partition coefficient (Wildman–Crippen LogP) is 2.89. The fraction of sp³-hybridized carbons (Fsp3) is 0.667. The van der Waals surface area contributed by atoms with Crippen LogP contribution in [-0.2, 0) is 6.54 Å². The maximum Gasteiger partial charge on any atom is 0.203 e. The monoisotopic (exact) mass is 394 g/mol. The van der Waals surface area contributed by atoms with Crippen LogP contribution in [0.1, 0.15) is 39.2 Å². The van der Waals surface area contributed by atoms with E-state index in [-0.39, 0.29) is 0 Å². The molecule has 0 bridgehead atoms. The highest BCUT2D eigenvalue weighted by Gasteiger charge is 2.16. The van der Waals surface area contributed by atoms with Gasteiger partial charge in [0, 0.05) is 25.2 Å². The average Bonchev–Trinajstić information content (AvgIpc) is 2.73. The van der Waals surface area contributed by atoms with Crippen molar-refractivity contribution in [2.24, 2.45) is 4.99 Å². The standard InChI is InChI=1S/C21H38N4O3/c1-8-25(9-2)14-10-11-16(3)24-21(22-4)23-15-17-12-13-18(26-5)20(28-7)19(17)27-6/h12-13,16H,8-11,14-15H2,1-7H3,(H2,22,23,24). The lowest BCUT2D eigenvalue weighted by molar-refractivity contribution is 0.292. The molecule has 28 heavy (non-hydrogen) atoms. The molecule has 1 aromatic carbocycles. The topological polar surface area (TPSA) is 67.4 Å². The fourth-order valence-corrected chi connectivity index (χ4v) is 3.14. The van der Waals surface area contributed by atoms with Gasteiger partial charge >= 0.3 is 0 Å². The molecule has 1 atom stereocenters. The number of aliphatic imine (C=N–C) groups is 1. The first kappa shape index (κ1) is 23.9. The van der Waals surface area contributed by atoms with E-state index >= 15 is 0 Å². The summed E-state index contributed by atoms with van der Waals surface area (Å²) >= 11 is 0. The molecule has 0 aliphatic carbocycles. The molecule has 0 saturated heterocycles. The molecule has 7 heteroatoms. The summed E-state index contributed by atoms with van der Waals surface area (Å²) < 4.78 is 16.3. The highest BCUT2D eigenvalue weighted by molar-refractivity contribution is 5.80. The molecule has 1 unspecified atom stereocenters. The van der Waals surface area contributed by atoms with E-state index in [1.54, 1.807) is 28.4 Å². The maximum absolute atomic E-state index is 5.54. The normalized spacial score (nSPS) is 12.6. The summed E-state index contributed by atoms with van der Waals surface area (Å²) in [5.41, 5.74) is 0.970. The van der Waals surface area contributed by atoms with Crippen LogP contribution in [0.5, 0.6) is 17.2 Å². The van der Waals surface area contributed by atoms with E-state index < -0.39 is 0 Å². The Morgan fingerprint density at radius 2 is 1.75 bits per heavy atom. The van der Waals surface area contributed by atoms with Gasteiger partial charge in [0.1, 0.15) is 0 Å². The second-order valence-electron chi connectivity index (χ2n) is 6.63. The number of benzene rings is 1. The first-order valence-corrected chi connectivity index (χ1v) is 10.0. The third kappa shape index (κ3) is 7.11. The van der Waals surface area contributed by atoms with Crippen LogP contribution < -0.4 is 24.8 Å². The van der Waals surface area contributed by atoms with E-state index in [0.29, 0.717) is 29.8 Å². The molecule has 160 valence electrons. The van der Waals surface area contributed by atoms with Crippen LogP contribution in [-0.4, -0.2) is 64.9 Å². The Morgan fingerprint density at radius 3 is 2.29 bits per heavy atom. The van der Waals surface area contributed by atoms with Crippen molar-refractivity contribution in [1.82, 2.24) is 15.5 Å². The minimum Gasteiger partial charge on any atom is -0.493 e. The van der Waals surface area contributed by atoms with Crippen molar-refractivity contribution in [2.45, 2.75) is 46.2 Å². The SMILES string of the molecule is CCN(CC)CCCC(C)NC(=NC)NCc1ccc(OC)c(OC)c1OC. The number of hydrogen-bond acceptors (Lipinski definition) is 5. The first-order chi connectivity index (χ1) is 13.5. The largest absolute Gasteiger partial charge is 0.493 e. The summed E-state index contributed by atoms with van der Waals surface area (Å²) in [7, 11) is 6.64. The lowest BCUT2D eigenvalue weighted by atomic mass is 10.1. The van der Waals surface area contributed by atoms with Crippen LogP contribution in [0.15, 0.2) is 17.1 Å². The van der Waals surface area contributed by atoms with Crippen LogP contribution in [0.3, 0.4) is 0 Å². The van der Waals surface area contributed by atoms with E-state index in [0.717, 1.165) is 44.0 Å². The Balaban J connectivity index is 2.62. The number of rotatable bonds is 12. The van der Waals surface area contributed by atoms with Crippen molar-refractivity contribution in [1.29, 1.82) is 0 Å². The zero-order valence-corrected chi connectivity index (χ0v) is 18.6. The number of nitrogens with zero attached hydrogens (tertiary/aromatic N) is 2. The van der Waals surface area contributed by atoms with Gasteiger partial charge in [-0.15, -0.1) is 0 Å². The van der Waals surface area contributed by atoms with Crippen LogP contribution in [0.25, 0.3) is 0 Å². The number of hydrogen-bond donors (Lipinski definition) is 2. The van der Waals surface area contributed by atoms with Crippen molar-refractivity contribution in [2.75, 3.05) is 48.0 Å². The second-order valence-corrected chi connectivity index (χ2v) is 6.63. The summed E-state index contributed by atoms with van der Waals surface area (Å²) in [5.74, 6) is 2.67. The molecule has 0 aromatic heterocycles. The maximum atomic E-state index is 5.54. The van der Waals surface area contributed by atoms with Crippen LogP contribution in [0, 0.1) is 0 Å². The van der Waals surface area contributed by atoms with Crippen LogP contribution in [0.4, 0.5) is 0 Å². The van der Waals surface area contributed by atoms with Crippen molar-refractivity contribution in [3.63, 3.8) is 0 Å². The van der Waals surface area contributed by atoms with E-state index in [4.69, 9.17) is 14.2 Å². The average molecular weight is 395 g/mol. The van der Waals surface area contributed by atoms with E-state index in [2.05, 4.69) is 41.3 Å². The Bertz CT molecular complexity index is 604. The summed E-state index contributed by atoms with van der Waals surface area (Å²) in [5, 5.41) is 6.81. The van der Waals surface area contributed by atoms with Gasteiger partial charge in [0.2, 0.25) is 5.75 Å². The molecule has 0 heterocycles. The minimum atomic E-state index is 0.342. The second kappa shape index (κ2) is 13.1. The molecule has 1 rings (SSSR count). The Hall–Kier alpha value is -2.15. The lowest BCUT2D eigenvalue weighted by Crippen LogP contribution is -2.42. The smallest absolute Gasteiger partial charge is 0.203 e. The molecule has 0 radical (unpaired) electrons. The van der Waals surface area contributed by atoms with Gasteiger partial charge < -0.3 is 29.7 Å². The van der Waals surface area contributed by atoms with Crippen molar-refractivity contribution in [3.8, 4) is 17.2 Å². The van der Waals surface area contributed by atoms with Gasteiger partial charge in [-0.2, -0.15) is 0 Å². The quantitative estimate of drug-likeness (QED) is 0.420. The van der Waals surface area contributed by atoms with Crippen molar-refractivity contribution in [3.05, 3.63) is 17.7 Å².